The number of primary sulfonamides is 1. The van der Waals surface area contributed by atoms with Crippen molar-refractivity contribution in [2.75, 3.05) is 4.90 Å². The number of hydrogen-bond acceptors (Lipinski definition) is 5. The minimum absolute atomic E-state index is 0.0167. The van der Waals surface area contributed by atoms with Crippen molar-refractivity contribution in [1.82, 2.24) is 9.55 Å². The fraction of sp³-hybridized carbons (Fsp3) is 0.250. The smallest absolute Gasteiger partial charge is 0.261 e. The number of benzene rings is 2. The molecule has 2 aromatic carbocycles. The molecule has 1 unspecified atom stereocenters. The lowest BCUT2D eigenvalue weighted by Crippen LogP contribution is -2.40. The van der Waals surface area contributed by atoms with E-state index in [9.17, 15) is 18.0 Å². The van der Waals surface area contributed by atoms with Crippen LogP contribution < -0.4 is 15.6 Å². The molecule has 0 spiro atoms. The highest BCUT2D eigenvalue weighted by Crippen LogP contribution is 2.33. The number of aryl methyl sites for hydroxylation is 1. The van der Waals surface area contributed by atoms with Crippen molar-refractivity contribution in [2.24, 2.45) is 5.14 Å². The zero-order chi connectivity index (χ0) is 20.9. The number of anilines is 1. The van der Waals surface area contributed by atoms with Crippen molar-refractivity contribution in [3.63, 3.8) is 0 Å². The fourth-order valence-electron chi connectivity index (χ4n) is 3.77. The summed E-state index contributed by atoms with van der Waals surface area (Å²) in [6.07, 6.45) is 1.89. The summed E-state index contributed by atoms with van der Waals surface area (Å²) in [7, 11) is -3.82. The Morgan fingerprint density at radius 3 is 2.72 bits per heavy atom. The molecule has 3 aromatic rings. The van der Waals surface area contributed by atoms with Crippen molar-refractivity contribution in [2.45, 2.75) is 37.8 Å². The van der Waals surface area contributed by atoms with Crippen molar-refractivity contribution in [3.8, 4) is 0 Å². The Labute approximate surface area is 167 Å². The third-order valence-corrected chi connectivity index (χ3v) is 6.06. The molecule has 1 atom stereocenters. The molecule has 1 amide bonds. The predicted octanol–water partition coefficient (Wildman–Crippen LogP) is 1.33. The van der Waals surface area contributed by atoms with E-state index in [-0.39, 0.29) is 28.9 Å². The number of nitrogens with zero attached hydrogens (tertiary/aromatic N) is 3. The van der Waals surface area contributed by atoms with Gasteiger partial charge in [-0.1, -0.05) is 11.6 Å². The molecule has 2 N–H and O–H groups in total. The number of rotatable bonds is 3. The van der Waals surface area contributed by atoms with E-state index in [1.165, 1.54) is 23.0 Å². The Morgan fingerprint density at radius 2 is 2.00 bits per heavy atom. The minimum Gasteiger partial charge on any atom is -0.307 e. The van der Waals surface area contributed by atoms with Gasteiger partial charge >= 0.3 is 0 Å². The average Bonchev–Trinajstić information content (AvgIpc) is 2.98. The molecule has 0 aliphatic carbocycles. The van der Waals surface area contributed by atoms with Crippen molar-refractivity contribution in [1.29, 1.82) is 0 Å². The first-order valence-electron chi connectivity index (χ1n) is 9.09. The van der Waals surface area contributed by atoms with Crippen molar-refractivity contribution < 1.29 is 13.2 Å². The first-order valence-corrected chi connectivity index (χ1v) is 10.6. The number of fused-ring (bicyclic) bond motifs is 2. The summed E-state index contributed by atoms with van der Waals surface area (Å²) in [4.78, 5) is 31.7. The van der Waals surface area contributed by atoms with Crippen LogP contribution in [0.4, 0.5) is 5.69 Å². The molecule has 0 saturated carbocycles. The second-order valence-corrected chi connectivity index (χ2v) is 8.91. The van der Waals surface area contributed by atoms with Crippen LogP contribution in [0, 0.1) is 6.92 Å². The van der Waals surface area contributed by atoms with Crippen LogP contribution in [0.5, 0.6) is 0 Å². The molecule has 8 nitrogen and oxygen atoms in total. The van der Waals surface area contributed by atoms with Crippen molar-refractivity contribution >= 4 is 32.5 Å². The second-order valence-electron chi connectivity index (χ2n) is 7.35. The van der Waals surface area contributed by atoms with E-state index in [1.54, 1.807) is 23.1 Å². The van der Waals surface area contributed by atoms with Gasteiger partial charge in [0.05, 0.1) is 22.1 Å². The topological polar surface area (TPSA) is 115 Å². The highest BCUT2D eigenvalue weighted by atomic mass is 32.2. The number of sulfonamides is 1. The van der Waals surface area contributed by atoms with Crippen LogP contribution in [0.25, 0.3) is 10.9 Å². The van der Waals surface area contributed by atoms with Gasteiger partial charge in [0.25, 0.3) is 5.56 Å². The molecule has 4 rings (SSSR count). The minimum atomic E-state index is -3.82. The summed E-state index contributed by atoms with van der Waals surface area (Å²) in [5.41, 5.74) is 2.61. The van der Waals surface area contributed by atoms with E-state index in [0.717, 1.165) is 11.1 Å². The van der Waals surface area contributed by atoms with E-state index >= 15 is 0 Å². The predicted molar refractivity (Wildman–Crippen MR) is 109 cm³/mol. The first-order chi connectivity index (χ1) is 13.6. The van der Waals surface area contributed by atoms with Crippen molar-refractivity contribution in [3.05, 3.63) is 64.2 Å². The van der Waals surface area contributed by atoms with Gasteiger partial charge in [0.2, 0.25) is 15.9 Å². The quantitative estimate of drug-likeness (QED) is 0.697. The van der Waals surface area contributed by atoms with E-state index in [1.807, 2.05) is 19.9 Å². The van der Waals surface area contributed by atoms with Gasteiger partial charge in [-0.25, -0.2) is 18.5 Å². The monoisotopic (exact) mass is 412 g/mol. The van der Waals surface area contributed by atoms with Gasteiger partial charge in [0.1, 0.15) is 6.54 Å². The van der Waals surface area contributed by atoms with Crippen LogP contribution in [0.1, 0.15) is 18.1 Å². The summed E-state index contributed by atoms with van der Waals surface area (Å²) in [5.74, 6) is -0.268. The molecule has 0 saturated heterocycles. The zero-order valence-electron chi connectivity index (χ0n) is 16.0. The van der Waals surface area contributed by atoms with E-state index in [0.29, 0.717) is 23.0 Å². The molecule has 1 aliphatic heterocycles. The van der Waals surface area contributed by atoms with Gasteiger partial charge in [0, 0.05) is 11.7 Å². The Kier molecular flexibility index (Phi) is 4.51. The Bertz CT molecular complexity index is 1310. The first kappa shape index (κ1) is 19.3. The highest BCUT2D eigenvalue weighted by Gasteiger charge is 2.32. The van der Waals surface area contributed by atoms with Gasteiger partial charge < -0.3 is 4.90 Å². The number of hydrogen-bond donors (Lipinski definition) is 1. The highest BCUT2D eigenvalue weighted by molar-refractivity contribution is 7.89. The number of amides is 1. The zero-order valence-corrected chi connectivity index (χ0v) is 16.8. The van der Waals surface area contributed by atoms with Crippen LogP contribution >= 0.6 is 0 Å². The van der Waals surface area contributed by atoms with Crippen LogP contribution in [-0.4, -0.2) is 29.9 Å². The lowest BCUT2D eigenvalue weighted by molar-refractivity contribution is -0.119. The molecular formula is C20H20N4O4S. The molecule has 1 aromatic heterocycles. The van der Waals surface area contributed by atoms with Gasteiger partial charge in [0.15, 0.2) is 0 Å². The molecule has 0 bridgehead atoms. The summed E-state index contributed by atoms with van der Waals surface area (Å²) in [6.45, 7) is 3.61. The van der Waals surface area contributed by atoms with Gasteiger partial charge in [-0.05, 0) is 56.2 Å². The molecule has 150 valence electrons. The van der Waals surface area contributed by atoms with Gasteiger partial charge in [-0.15, -0.1) is 0 Å². The third kappa shape index (κ3) is 3.43. The van der Waals surface area contributed by atoms with E-state index in [2.05, 4.69) is 4.98 Å². The molecule has 29 heavy (non-hydrogen) atoms. The molecule has 1 aliphatic rings. The standard InChI is InChI=1S/C20H20N4O4S/c1-12-3-5-17-16(7-12)20(26)23(11-22-17)10-19(25)24-13(2)8-14-9-15(29(21,27)28)4-6-18(14)24/h3-7,9,11,13H,8,10H2,1-2H3,(H2,21,27,28). The van der Waals surface area contributed by atoms with E-state index < -0.39 is 10.0 Å². The SMILES string of the molecule is Cc1ccc2ncn(CC(=O)N3c4ccc(S(N)(=O)=O)cc4CC3C)c(=O)c2c1. The largest absolute Gasteiger partial charge is 0.307 e. The molecule has 0 fully saturated rings. The van der Waals surface area contributed by atoms with Crippen LogP contribution in [-0.2, 0) is 27.8 Å². The number of nitrogens with two attached hydrogens (primary N) is 1. The maximum absolute atomic E-state index is 13.0. The second kappa shape index (κ2) is 6.78. The van der Waals surface area contributed by atoms with Gasteiger partial charge in [-0.2, -0.15) is 0 Å². The lowest BCUT2D eigenvalue weighted by atomic mass is 10.1. The van der Waals surface area contributed by atoms with E-state index in [4.69, 9.17) is 5.14 Å². The van der Waals surface area contributed by atoms with Crippen LogP contribution in [0.3, 0.4) is 0 Å². The summed E-state index contributed by atoms with van der Waals surface area (Å²) in [6, 6.07) is 9.72. The Morgan fingerprint density at radius 1 is 1.24 bits per heavy atom. The molecule has 9 heteroatoms. The average molecular weight is 412 g/mol. The normalized spacial score (nSPS) is 16.2. The third-order valence-electron chi connectivity index (χ3n) is 5.15. The van der Waals surface area contributed by atoms with Gasteiger partial charge in [-0.3, -0.25) is 14.2 Å². The molecular weight excluding hydrogens is 392 g/mol. The lowest BCUT2D eigenvalue weighted by Gasteiger charge is -2.23. The molecule has 0 radical (unpaired) electrons. The summed E-state index contributed by atoms with van der Waals surface area (Å²) < 4.78 is 24.5. The fourth-order valence-corrected chi connectivity index (χ4v) is 4.34. The number of carbonyl (C=O) groups is 1. The number of aromatic nitrogens is 2. The number of carbonyl (C=O) groups excluding carboxylic acids is 1. The Balaban J connectivity index is 1.67. The maximum Gasteiger partial charge on any atom is 0.261 e. The summed E-state index contributed by atoms with van der Waals surface area (Å²) >= 11 is 0. The maximum atomic E-state index is 13.0. The van der Waals surface area contributed by atoms with Crippen LogP contribution in [0.15, 0.2) is 52.4 Å². The summed E-state index contributed by atoms with van der Waals surface area (Å²) in [5, 5.41) is 5.67. The van der Waals surface area contributed by atoms with Crippen LogP contribution in [0.2, 0.25) is 0 Å². The Hall–Kier alpha value is -3.04. The molecule has 2 heterocycles.